The molecule has 1 rings (SSSR count). The second-order valence-electron chi connectivity index (χ2n) is 3.03. The van der Waals surface area contributed by atoms with E-state index in [2.05, 4.69) is 4.98 Å². The lowest BCUT2D eigenvalue weighted by Crippen LogP contribution is -2.37. The summed E-state index contributed by atoms with van der Waals surface area (Å²) in [7, 11) is 0. The number of aromatic amines is 1. The van der Waals surface area contributed by atoms with Crippen molar-refractivity contribution in [2.24, 2.45) is 0 Å². The van der Waals surface area contributed by atoms with E-state index < -0.39 is 5.69 Å². The fourth-order valence-electron chi connectivity index (χ4n) is 1.28. The van der Waals surface area contributed by atoms with Crippen molar-refractivity contribution in [1.29, 1.82) is 0 Å². The normalized spacial score (nSPS) is 10.6. The van der Waals surface area contributed by atoms with E-state index in [1.165, 1.54) is 4.57 Å². The standard InChI is InChI=1S/C9H13ClN2O2S/c1-3-6-7(10)11-9(14)12(8(6)13)4-5-15-2/h3-5H2,1-2H3,(H,11,14). The maximum atomic E-state index is 11.8. The first kappa shape index (κ1) is 12.4. The zero-order valence-corrected chi connectivity index (χ0v) is 10.2. The van der Waals surface area contributed by atoms with Crippen molar-refractivity contribution >= 4 is 23.4 Å². The molecule has 1 heterocycles. The van der Waals surface area contributed by atoms with Gasteiger partial charge in [-0.3, -0.25) is 14.3 Å². The van der Waals surface area contributed by atoms with Crippen LogP contribution in [0.15, 0.2) is 9.59 Å². The van der Waals surface area contributed by atoms with Crippen LogP contribution in [-0.4, -0.2) is 21.6 Å². The maximum absolute atomic E-state index is 11.8. The van der Waals surface area contributed by atoms with Crippen molar-refractivity contribution in [3.8, 4) is 0 Å². The number of aromatic nitrogens is 2. The zero-order valence-electron chi connectivity index (χ0n) is 8.67. The summed E-state index contributed by atoms with van der Waals surface area (Å²) in [6.07, 6.45) is 2.45. The van der Waals surface area contributed by atoms with Crippen molar-refractivity contribution in [2.45, 2.75) is 19.9 Å². The van der Waals surface area contributed by atoms with Gasteiger partial charge < -0.3 is 0 Å². The molecule has 0 fully saturated rings. The monoisotopic (exact) mass is 248 g/mol. The largest absolute Gasteiger partial charge is 0.329 e. The highest BCUT2D eigenvalue weighted by atomic mass is 35.5. The van der Waals surface area contributed by atoms with E-state index in [1.807, 2.05) is 13.2 Å². The first-order valence-electron chi connectivity index (χ1n) is 4.62. The van der Waals surface area contributed by atoms with Crippen molar-refractivity contribution in [1.82, 2.24) is 9.55 Å². The lowest BCUT2D eigenvalue weighted by atomic mass is 10.2. The number of H-pyrrole nitrogens is 1. The highest BCUT2D eigenvalue weighted by Gasteiger charge is 2.10. The second-order valence-corrected chi connectivity index (χ2v) is 4.39. The van der Waals surface area contributed by atoms with Gasteiger partial charge in [0.25, 0.3) is 5.56 Å². The Morgan fingerprint density at radius 1 is 1.47 bits per heavy atom. The summed E-state index contributed by atoms with van der Waals surface area (Å²) < 4.78 is 1.20. The van der Waals surface area contributed by atoms with E-state index in [1.54, 1.807) is 11.8 Å². The third-order valence-electron chi connectivity index (χ3n) is 2.10. The van der Waals surface area contributed by atoms with Gasteiger partial charge in [0.2, 0.25) is 0 Å². The minimum atomic E-state index is -0.434. The van der Waals surface area contributed by atoms with Gasteiger partial charge in [-0.1, -0.05) is 18.5 Å². The van der Waals surface area contributed by atoms with E-state index in [-0.39, 0.29) is 10.7 Å². The van der Waals surface area contributed by atoms with Gasteiger partial charge in [-0.15, -0.1) is 0 Å². The molecule has 0 aromatic carbocycles. The first-order valence-corrected chi connectivity index (χ1v) is 6.39. The summed E-state index contributed by atoms with van der Waals surface area (Å²) in [5.74, 6) is 0.730. The van der Waals surface area contributed by atoms with E-state index in [0.29, 0.717) is 18.5 Å². The van der Waals surface area contributed by atoms with Gasteiger partial charge in [0.1, 0.15) is 5.15 Å². The van der Waals surface area contributed by atoms with Crippen LogP contribution >= 0.6 is 23.4 Å². The van der Waals surface area contributed by atoms with Crippen LogP contribution in [0.25, 0.3) is 0 Å². The molecule has 15 heavy (non-hydrogen) atoms. The van der Waals surface area contributed by atoms with Crippen LogP contribution in [0.3, 0.4) is 0 Å². The molecule has 0 atom stereocenters. The Morgan fingerprint density at radius 3 is 2.67 bits per heavy atom. The molecule has 0 amide bonds. The molecule has 0 aliphatic rings. The van der Waals surface area contributed by atoms with Gasteiger partial charge in [0.05, 0.1) is 5.56 Å². The third-order valence-corrected chi connectivity index (χ3v) is 3.02. The fraction of sp³-hybridized carbons (Fsp3) is 0.556. The van der Waals surface area contributed by atoms with Crippen LogP contribution < -0.4 is 11.2 Å². The molecule has 0 aliphatic heterocycles. The van der Waals surface area contributed by atoms with Crippen molar-refractivity contribution < 1.29 is 0 Å². The van der Waals surface area contributed by atoms with E-state index in [4.69, 9.17) is 11.6 Å². The fourth-order valence-corrected chi connectivity index (χ4v) is 1.94. The van der Waals surface area contributed by atoms with Gasteiger partial charge in [0, 0.05) is 12.3 Å². The molecule has 0 saturated heterocycles. The topological polar surface area (TPSA) is 54.9 Å². The first-order chi connectivity index (χ1) is 7.11. The van der Waals surface area contributed by atoms with E-state index in [0.717, 1.165) is 5.75 Å². The summed E-state index contributed by atoms with van der Waals surface area (Å²) in [5.41, 5.74) is -0.242. The Labute approximate surface area is 96.7 Å². The van der Waals surface area contributed by atoms with Crippen molar-refractivity contribution in [3.05, 3.63) is 31.6 Å². The van der Waals surface area contributed by atoms with E-state index >= 15 is 0 Å². The molecule has 0 aliphatic carbocycles. The number of rotatable bonds is 4. The Morgan fingerprint density at radius 2 is 2.13 bits per heavy atom. The SMILES string of the molecule is CCc1c(Cl)[nH]c(=O)n(CCSC)c1=O. The van der Waals surface area contributed by atoms with Crippen LogP contribution in [0.4, 0.5) is 0 Å². The molecule has 1 N–H and O–H groups in total. The average Bonchev–Trinajstić information content (AvgIpc) is 2.17. The molecule has 0 unspecified atom stereocenters. The third kappa shape index (κ3) is 2.66. The highest BCUT2D eigenvalue weighted by Crippen LogP contribution is 2.05. The number of halogens is 1. The molecule has 1 aromatic rings. The summed E-state index contributed by atoms with van der Waals surface area (Å²) in [6.45, 7) is 2.25. The lowest BCUT2D eigenvalue weighted by molar-refractivity contribution is 0.668. The average molecular weight is 249 g/mol. The van der Waals surface area contributed by atoms with Crippen LogP contribution in [-0.2, 0) is 13.0 Å². The maximum Gasteiger partial charge on any atom is 0.329 e. The van der Waals surface area contributed by atoms with Crippen LogP contribution in [0.5, 0.6) is 0 Å². The van der Waals surface area contributed by atoms with Gasteiger partial charge in [-0.05, 0) is 12.7 Å². The molecule has 0 bridgehead atoms. The quantitative estimate of drug-likeness (QED) is 0.813. The molecule has 84 valence electrons. The predicted molar refractivity (Wildman–Crippen MR) is 64.1 cm³/mol. The summed E-state index contributed by atoms with van der Waals surface area (Å²) >= 11 is 7.35. The summed E-state index contributed by atoms with van der Waals surface area (Å²) in [4.78, 5) is 25.7. The van der Waals surface area contributed by atoms with Gasteiger partial charge in [0.15, 0.2) is 0 Å². The zero-order chi connectivity index (χ0) is 11.4. The number of nitrogens with zero attached hydrogens (tertiary/aromatic N) is 1. The number of hydrogen-bond acceptors (Lipinski definition) is 3. The smallest absolute Gasteiger partial charge is 0.297 e. The molecule has 6 heteroatoms. The number of hydrogen-bond donors (Lipinski definition) is 1. The molecule has 0 radical (unpaired) electrons. The molecule has 1 aromatic heterocycles. The van der Waals surface area contributed by atoms with Gasteiger partial charge in [-0.2, -0.15) is 11.8 Å². The minimum absolute atomic E-state index is 0.160. The second kappa shape index (κ2) is 5.42. The van der Waals surface area contributed by atoms with Crippen LogP contribution in [0.1, 0.15) is 12.5 Å². The van der Waals surface area contributed by atoms with Gasteiger partial charge >= 0.3 is 5.69 Å². The van der Waals surface area contributed by atoms with Crippen LogP contribution in [0, 0.1) is 0 Å². The molecular formula is C9H13ClN2O2S. The van der Waals surface area contributed by atoms with Crippen molar-refractivity contribution in [3.63, 3.8) is 0 Å². The Hall–Kier alpha value is -0.680. The number of thioether (sulfide) groups is 1. The summed E-state index contributed by atoms with van der Waals surface area (Å²) in [5, 5.41) is 0.160. The predicted octanol–water partition coefficient (Wildman–Crippen LogP) is 1.12. The Bertz CT molecular complexity index is 452. The van der Waals surface area contributed by atoms with Crippen molar-refractivity contribution in [2.75, 3.05) is 12.0 Å². The Kier molecular flexibility index (Phi) is 4.47. The lowest BCUT2D eigenvalue weighted by Gasteiger charge is -2.06. The molecule has 0 saturated carbocycles. The minimum Gasteiger partial charge on any atom is -0.297 e. The molecule has 0 spiro atoms. The summed E-state index contributed by atoms with van der Waals surface area (Å²) in [6, 6.07) is 0. The Balaban J connectivity index is 3.27. The molecule has 4 nitrogen and oxygen atoms in total. The van der Waals surface area contributed by atoms with Gasteiger partial charge in [-0.25, -0.2) is 4.79 Å². The van der Waals surface area contributed by atoms with E-state index in [9.17, 15) is 9.59 Å². The highest BCUT2D eigenvalue weighted by molar-refractivity contribution is 7.98. The molecular weight excluding hydrogens is 236 g/mol. The number of nitrogens with one attached hydrogen (secondary N) is 1. The van der Waals surface area contributed by atoms with Crippen LogP contribution in [0.2, 0.25) is 5.15 Å².